The number of benzene rings is 3. The zero-order valence-corrected chi connectivity index (χ0v) is 14.4. The first-order valence-corrected chi connectivity index (χ1v) is 8.59. The van der Waals surface area contributed by atoms with E-state index in [0.29, 0.717) is 11.4 Å². The number of rotatable bonds is 4. The molecule has 2 N–H and O–H groups in total. The van der Waals surface area contributed by atoms with E-state index in [1.807, 2.05) is 42.5 Å². The van der Waals surface area contributed by atoms with E-state index >= 15 is 0 Å². The number of nitrogens with zero attached hydrogens (tertiary/aromatic N) is 1. The molecular formula is C21H17N3O3. The molecule has 4 amide bonds. The number of fused-ring (bicyclic) bond motifs is 1. The van der Waals surface area contributed by atoms with Gasteiger partial charge in [0.25, 0.3) is 5.91 Å². The summed E-state index contributed by atoms with van der Waals surface area (Å²) in [5, 5.41) is 7.45. The molecule has 0 saturated carbocycles. The van der Waals surface area contributed by atoms with E-state index in [1.54, 1.807) is 24.3 Å². The van der Waals surface area contributed by atoms with Gasteiger partial charge < -0.3 is 10.6 Å². The Hall–Kier alpha value is -3.67. The molecule has 4 rings (SSSR count). The maximum atomic E-state index is 12.5. The lowest BCUT2D eigenvalue weighted by atomic mass is 10.0. The fourth-order valence-electron chi connectivity index (χ4n) is 3.23. The number of amides is 4. The van der Waals surface area contributed by atoms with E-state index in [1.165, 1.54) is 0 Å². The van der Waals surface area contributed by atoms with Crippen LogP contribution in [0, 0.1) is 0 Å². The van der Waals surface area contributed by atoms with Crippen molar-refractivity contribution in [1.82, 2.24) is 5.32 Å². The lowest BCUT2D eigenvalue weighted by Gasteiger charge is -2.14. The number of imide groups is 1. The van der Waals surface area contributed by atoms with Gasteiger partial charge in [-0.05, 0) is 34.5 Å². The molecule has 1 aliphatic rings. The highest BCUT2D eigenvalue weighted by atomic mass is 16.2. The Morgan fingerprint density at radius 1 is 1.00 bits per heavy atom. The molecule has 1 fully saturated rings. The first-order valence-electron chi connectivity index (χ1n) is 8.59. The maximum absolute atomic E-state index is 12.5. The van der Waals surface area contributed by atoms with Gasteiger partial charge in [-0.25, -0.2) is 9.69 Å². The van der Waals surface area contributed by atoms with Crippen LogP contribution in [0.2, 0.25) is 0 Å². The lowest BCUT2D eigenvalue weighted by Crippen LogP contribution is -2.30. The molecular weight excluding hydrogens is 342 g/mol. The van der Waals surface area contributed by atoms with E-state index in [2.05, 4.69) is 10.6 Å². The van der Waals surface area contributed by atoms with E-state index in [0.717, 1.165) is 21.2 Å². The second-order valence-corrected chi connectivity index (χ2v) is 6.30. The number of nitrogens with one attached hydrogen (secondary N) is 2. The highest BCUT2D eigenvalue weighted by Gasteiger charge is 2.30. The van der Waals surface area contributed by atoms with E-state index in [9.17, 15) is 14.4 Å². The highest BCUT2D eigenvalue weighted by Crippen LogP contribution is 2.23. The monoisotopic (exact) mass is 359 g/mol. The standard InChI is InChI=1S/C21H17N3O3/c25-19(11-15-7-3-6-14-5-1-2-10-18(14)15)23-16-8-4-9-17(12-16)24-20(26)13-22-21(24)27/h1-10,12H,11,13H2,(H,22,27)(H,23,25). The molecule has 0 aromatic heterocycles. The van der Waals surface area contributed by atoms with Gasteiger partial charge in [-0.15, -0.1) is 0 Å². The van der Waals surface area contributed by atoms with Crippen molar-refractivity contribution in [2.45, 2.75) is 6.42 Å². The molecule has 0 unspecified atom stereocenters. The lowest BCUT2D eigenvalue weighted by molar-refractivity contribution is -0.116. The summed E-state index contributed by atoms with van der Waals surface area (Å²) in [7, 11) is 0. The Morgan fingerprint density at radius 3 is 2.59 bits per heavy atom. The van der Waals surface area contributed by atoms with Crippen LogP contribution in [0.15, 0.2) is 66.7 Å². The third kappa shape index (κ3) is 3.37. The fourth-order valence-corrected chi connectivity index (χ4v) is 3.23. The van der Waals surface area contributed by atoms with Gasteiger partial charge in [0.2, 0.25) is 5.91 Å². The number of carbonyl (C=O) groups is 3. The van der Waals surface area contributed by atoms with E-state index in [-0.39, 0.29) is 24.8 Å². The average Bonchev–Trinajstić information content (AvgIpc) is 3.00. The van der Waals surface area contributed by atoms with Crippen molar-refractivity contribution in [3.05, 3.63) is 72.3 Å². The molecule has 0 radical (unpaired) electrons. The molecule has 1 saturated heterocycles. The van der Waals surface area contributed by atoms with Gasteiger partial charge in [-0.2, -0.15) is 0 Å². The van der Waals surface area contributed by atoms with E-state index in [4.69, 9.17) is 0 Å². The zero-order valence-electron chi connectivity index (χ0n) is 14.4. The van der Waals surface area contributed by atoms with Crippen LogP contribution in [0.3, 0.4) is 0 Å². The van der Waals surface area contributed by atoms with Crippen molar-refractivity contribution < 1.29 is 14.4 Å². The van der Waals surface area contributed by atoms with Crippen LogP contribution in [0.4, 0.5) is 16.2 Å². The third-order valence-electron chi connectivity index (χ3n) is 4.46. The van der Waals surface area contributed by atoms with Crippen LogP contribution in [-0.2, 0) is 16.0 Å². The Labute approximate surface area is 155 Å². The first kappa shape index (κ1) is 16.8. The number of anilines is 2. The fraction of sp³-hybridized carbons (Fsp3) is 0.0952. The highest BCUT2D eigenvalue weighted by molar-refractivity contribution is 6.20. The molecule has 1 aliphatic heterocycles. The van der Waals surface area contributed by atoms with Crippen molar-refractivity contribution >= 4 is 40.0 Å². The minimum atomic E-state index is -0.459. The second kappa shape index (κ2) is 6.92. The summed E-state index contributed by atoms with van der Waals surface area (Å²) in [6, 6.07) is 20.0. The van der Waals surface area contributed by atoms with Gasteiger partial charge in [0.15, 0.2) is 0 Å². The molecule has 6 heteroatoms. The topological polar surface area (TPSA) is 78.5 Å². The molecule has 27 heavy (non-hydrogen) atoms. The Morgan fingerprint density at radius 2 is 1.78 bits per heavy atom. The van der Waals surface area contributed by atoms with Crippen molar-refractivity contribution in [1.29, 1.82) is 0 Å². The first-order chi connectivity index (χ1) is 13.1. The summed E-state index contributed by atoms with van der Waals surface area (Å²) < 4.78 is 0. The molecule has 0 atom stereocenters. The largest absolute Gasteiger partial charge is 0.329 e. The molecule has 3 aromatic rings. The minimum absolute atomic E-state index is 0.0174. The van der Waals surface area contributed by atoms with Crippen LogP contribution in [-0.4, -0.2) is 24.4 Å². The van der Waals surface area contributed by atoms with Crippen LogP contribution in [0.25, 0.3) is 10.8 Å². The quantitative estimate of drug-likeness (QED) is 0.703. The van der Waals surface area contributed by atoms with Crippen molar-refractivity contribution in [3.8, 4) is 0 Å². The van der Waals surface area contributed by atoms with Crippen molar-refractivity contribution in [3.63, 3.8) is 0 Å². The molecule has 3 aromatic carbocycles. The minimum Gasteiger partial charge on any atom is -0.328 e. The molecule has 6 nitrogen and oxygen atoms in total. The molecule has 1 heterocycles. The van der Waals surface area contributed by atoms with Gasteiger partial charge in [0, 0.05) is 5.69 Å². The SMILES string of the molecule is O=C(Cc1cccc2ccccc12)Nc1cccc(N2C(=O)CNC2=O)c1. The van der Waals surface area contributed by atoms with Crippen LogP contribution < -0.4 is 15.5 Å². The Balaban J connectivity index is 1.52. The zero-order chi connectivity index (χ0) is 18.8. The summed E-state index contributed by atoms with van der Waals surface area (Å²) in [5.41, 5.74) is 1.90. The predicted molar refractivity (Wildman–Crippen MR) is 104 cm³/mol. The number of carbonyl (C=O) groups excluding carboxylic acids is 3. The average molecular weight is 359 g/mol. The predicted octanol–water partition coefficient (Wildman–Crippen LogP) is 3.08. The Kier molecular flexibility index (Phi) is 4.30. The van der Waals surface area contributed by atoms with Crippen molar-refractivity contribution in [2.75, 3.05) is 16.8 Å². The summed E-state index contributed by atoms with van der Waals surface area (Å²) >= 11 is 0. The summed E-state index contributed by atoms with van der Waals surface area (Å²) in [6.45, 7) is -0.0174. The summed E-state index contributed by atoms with van der Waals surface area (Å²) in [5.74, 6) is -0.486. The van der Waals surface area contributed by atoms with Crippen LogP contribution in [0.1, 0.15) is 5.56 Å². The third-order valence-corrected chi connectivity index (χ3v) is 4.46. The summed E-state index contributed by atoms with van der Waals surface area (Å²) in [6.07, 6.45) is 0.231. The van der Waals surface area contributed by atoms with Crippen LogP contribution in [0.5, 0.6) is 0 Å². The van der Waals surface area contributed by atoms with Gasteiger partial charge in [-0.3, -0.25) is 9.59 Å². The van der Waals surface area contributed by atoms with E-state index < -0.39 is 6.03 Å². The van der Waals surface area contributed by atoms with Crippen LogP contribution >= 0.6 is 0 Å². The second-order valence-electron chi connectivity index (χ2n) is 6.30. The number of hydrogen-bond acceptors (Lipinski definition) is 3. The molecule has 0 spiro atoms. The van der Waals surface area contributed by atoms with Gasteiger partial charge in [0.05, 0.1) is 18.7 Å². The van der Waals surface area contributed by atoms with Gasteiger partial charge in [-0.1, -0.05) is 48.5 Å². The maximum Gasteiger partial charge on any atom is 0.329 e. The normalized spacial score (nSPS) is 13.7. The van der Waals surface area contributed by atoms with Gasteiger partial charge in [0.1, 0.15) is 0 Å². The number of urea groups is 1. The molecule has 0 aliphatic carbocycles. The molecule has 134 valence electrons. The summed E-state index contributed by atoms with van der Waals surface area (Å²) in [4.78, 5) is 37.2. The van der Waals surface area contributed by atoms with Gasteiger partial charge >= 0.3 is 6.03 Å². The Bertz CT molecular complexity index is 1040. The number of hydrogen-bond donors (Lipinski definition) is 2. The smallest absolute Gasteiger partial charge is 0.328 e. The van der Waals surface area contributed by atoms with Crippen molar-refractivity contribution in [2.24, 2.45) is 0 Å². The molecule has 0 bridgehead atoms.